The summed E-state index contributed by atoms with van der Waals surface area (Å²) in [4.78, 5) is 0.839. The van der Waals surface area contributed by atoms with E-state index >= 15 is 0 Å². The molecule has 1 N–H and O–H groups in total. The van der Waals surface area contributed by atoms with Crippen LogP contribution >= 0.6 is 11.3 Å². The molecule has 1 aromatic rings. The van der Waals surface area contributed by atoms with Crippen molar-refractivity contribution in [3.05, 3.63) is 22.4 Å². The molecule has 1 rings (SSSR count). The lowest BCUT2D eigenvalue weighted by Gasteiger charge is -2.08. The molecule has 2 nitrogen and oxygen atoms in total. The Balaban J connectivity index is 2.13. The van der Waals surface area contributed by atoms with Gasteiger partial charge in [0.25, 0.3) is 6.43 Å². The van der Waals surface area contributed by atoms with Crippen LogP contribution in [-0.4, -0.2) is 24.7 Å². The highest BCUT2D eigenvalue weighted by Gasteiger charge is 2.08. The van der Waals surface area contributed by atoms with Gasteiger partial charge >= 0.3 is 0 Å². The highest BCUT2D eigenvalue weighted by molar-refractivity contribution is 7.10. The van der Waals surface area contributed by atoms with Crippen LogP contribution < -0.4 is 0 Å². The van der Waals surface area contributed by atoms with E-state index in [9.17, 15) is 13.9 Å². The molecular weight excluding hydrogens is 210 g/mol. The lowest BCUT2D eigenvalue weighted by Crippen LogP contribution is -2.07. The second-order valence-electron chi connectivity index (χ2n) is 2.79. The summed E-state index contributed by atoms with van der Waals surface area (Å²) in [6.07, 6.45) is -2.69. The molecule has 0 aliphatic heterocycles. The Kier molecular flexibility index (Phi) is 5.00. The fourth-order valence-corrected chi connectivity index (χ4v) is 1.74. The summed E-state index contributed by atoms with van der Waals surface area (Å²) in [6, 6.07) is 3.64. The molecule has 0 spiro atoms. The van der Waals surface area contributed by atoms with Crippen LogP contribution in [-0.2, 0) is 4.74 Å². The van der Waals surface area contributed by atoms with E-state index in [-0.39, 0.29) is 6.61 Å². The molecule has 0 aliphatic rings. The Labute approximate surface area is 85.1 Å². The third-order valence-electron chi connectivity index (χ3n) is 1.65. The number of rotatable bonds is 6. The molecule has 0 bridgehead atoms. The van der Waals surface area contributed by atoms with E-state index in [1.165, 1.54) is 11.3 Å². The van der Waals surface area contributed by atoms with Gasteiger partial charge in [-0.05, 0) is 11.4 Å². The SMILES string of the molecule is OC(CCOCC(F)F)c1cccs1. The first-order chi connectivity index (χ1) is 6.70. The zero-order valence-electron chi connectivity index (χ0n) is 7.53. The van der Waals surface area contributed by atoms with Gasteiger partial charge in [0.2, 0.25) is 0 Å². The zero-order chi connectivity index (χ0) is 10.4. The lowest BCUT2D eigenvalue weighted by atomic mass is 10.2. The minimum absolute atomic E-state index is 0.156. The summed E-state index contributed by atoms with van der Waals surface area (Å²) in [5, 5.41) is 11.4. The molecule has 0 aliphatic carbocycles. The number of hydrogen-bond acceptors (Lipinski definition) is 3. The minimum Gasteiger partial charge on any atom is -0.387 e. The number of alkyl halides is 2. The normalized spacial score (nSPS) is 13.4. The number of ether oxygens (including phenoxy) is 1. The predicted molar refractivity (Wildman–Crippen MR) is 50.7 cm³/mol. The Morgan fingerprint density at radius 1 is 1.50 bits per heavy atom. The van der Waals surface area contributed by atoms with Crippen molar-refractivity contribution in [2.24, 2.45) is 0 Å². The molecule has 0 radical (unpaired) electrons. The summed E-state index contributed by atoms with van der Waals surface area (Å²) in [5.74, 6) is 0. The summed E-state index contributed by atoms with van der Waals surface area (Å²) >= 11 is 1.44. The Bertz CT molecular complexity index is 239. The van der Waals surface area contributed by atoms with Gasteiger partial charge in [0.1, 0.15) is 6.61 Å². The average Bonchev–Trinajstić information content (AvgIpc) is 2.64. The van der Waals surface area contributed by atoms with Crippen molar-refractivity contribution in [3.8, 4) is 0 Å². The van der Waals surface area contributed by atoms with E-state index in [1.54, 1.807) is 0 Å². The van der Waals surface area contributed by atoms with Crippen LogP contribution in [0.4, 0.5) is 8.78 Å². The monoisotopic (exact) mass is 222 g/mol. The van der Waals surface area contributed by atoms with Gasteiger partial charge in [-0.25, -0.2) is 8.78 Å². The number of halogens is 2. The van der Waals surface area contributed by atoms with Crippen molar-refractivity contribution in [3.63, 3.8) is 0 Å². The molecule has 1 atom stereocenters. The maximum absolute atomic E-state index is 11.6. The van der Waals surface area contributed by atoms with Gasteiger partial charge in [0.05, 0.1) is 6.10 Å². The number of aliphatic hydroxyl groups excluding tert-OH is 1. The van der Waals surface area contributed by atoms with Crippen LogP contribution in [0.2, 0.25) is 0 Å². The van der Waals surface area contributed by atoms with E-state index in [1.807, 2.05) is 17.5 Å². The van der Waals surface area contributed by atoms with Crippen molar-refractivity contribution < 1.29 is 18.6 Å². The van der Waals surface area contributed by atoms with Gasteiger partial charge in [-0.15, -0.1) is 11.3 Å². The van der Waals surface area contributed by atoms with E-state index in [4.69, 9.17) is 0 Å². The molecule has 1 aromatic heterocycles. The number of aliphatic hydroxyl groups is 1. The average molecular weight is 222 g/mol. The Hall–Kier alpha value is -0.520. The third-order valence-corrected chi connectivity index (χ3v) is 2.62. The number of hydrogen-bond donors (Lipinski definition) is 1. The van der Waals surface area contributed by atoms with Crippen molar-refractivity contribution in [1.29, 1.82) is 0 Å². The summed E-state index contributed by atoms with van der Waals surface area (Å²) < 4.78 is 28.0. The summed E-state index contributed by atoms with van der Waals surface area (Å²) in [7, 11) is 0. The molecular formula is C9H12F2O2S. The third kappa shape index (κ3) is 4.13. The minimum atomic E-state index is -2.44. The van der Waals surface area contributed by atoms with Crippen LogP contribution in [0.5, 0.6) is 0 Å². The largest absolute Gasteiger partial charge is 0.387 e. The number of thiophene rings is 1. The van der Waals surface area contributed by atoms with Crippen LogP contribution in [0.25, 0.3) is 0 Å². The van der Waals surface area contributed by atoms with Gasteiger partial charge in [0, 0.05) is 17.9 Å². The molecule has 0 aromatic carbocycles. The van der Waals surface area contributed by atoms with E-state index in [0.29, 0.717) is 6.42 Å². The van der Waals surface area contributed by atoms with E-state index < -0.39 is 19.1 Å². The Morgan fingerprint density at radius 2 is 2.29 bits per heavy atom. The quantitative estimate of drug-likeness (QED) is 0.749. The van der Waals surface area contributed by atoms with Gasteiger partial charge in [-0.2, -0.15) is 0 Å². The van der Waals surface area contributed by atoms with Crippen LogP contribution in [0, 0.1) is 0 Å². The molecule has 1 unspecified atom stereocenters. The van der Waals surface area contributed by atoms with Crippen molar-refractivity contribution in [2.75, 3.05) is 13.2 Å². The molecule has 0 fully saturated rings. The molecule has 0 saturated heterocycles. The first kappa shape index (κ1) is 11.6. The maximum Gasteiger partial charge on any atom is 0.261 e. The highest BCUT2D eigenvalue weighted by Crippen LogP contribution is 2.21. The predicted octanol–water partition coefficient (Wildman–Crippen LogP) is 2.45. The van der Waals surface area contributed by atoms with Gasteiger partial charge in [-0.1, -0.05) is 6.07 Å². The fraction of sp³-hybridized carbons (Fsp3) is 0.556. The van der Waals surface area contributed by atoms with Crippen molar-refractivity contribution in [1.82, 2.24) is 0 Å². The molecule has 1 heterocycles. The lowest BCUT2D eigenvalue weighted by molar-refractivity contribution is 0.00515. The van der Waals surface area contributed by atoms with Gasteiger partial charge in [0.15, 0.2) is 0 Å². The van der Waals surface area contributed by atoms with Crippen LogP contribution in [0.3, 0.4) is 0 Å². The maximum atomic E-state index is 11.6. The fourth-order valence-electron chi connectivity index (χ4n) is 0.991. The van der Waals surface area contributed by atoms with E-state index in [2.05, 4.69) is 4.74 Å². The second-order valence-corrected chi connectivity index (χ2v) is 3.77. The van der Waals surface area contributed by atoms with Crippen LogP contribution in [0.1, 0.15) is 17.4 Å². The highest BCUT2D eigenvalue weighted by atomic mass is 32.1. The second kappa shape index (κ2) is 6.06. The molecule has 0 saturated carbocycles. The van der Waals surface area contributed by atoms with Crippen molar-refractivity contribution >= 4 is 11.3 Å². The van der Waals surface area contributed by atoms with Crippen LogP contribution in [0.15, 0.2) is 17.5 Å². The molecule has 5 heteroatoms. The van der Waals surface area contributed by atoms with Gasteiger partial charge < -0.3 is 9.84 Å². The topological polar surface area (TPSA) is 29.5 Å². The van der Waals surface area contributed by atoms with E-state index in [0.717, 1.165) is 4.88 Å². The summed E-state index contributed by atoms with van der Waals surface area (Å²) in [5.41, 5.74) is 0. The molecule has 80 valence electrons. The first-order valence-electron chi connectivity index (χ1n) is 4.27. The first-order valence-corrected chi connectivity index (χ1v) is 5.15. The standard InChI is InChI=1S/C9H12F2O2S/c10-9(11)6-13-4-3-7(12)8-2-1-5-14-8/h1-2,5,7,9,12H,3-4,6H2. The van der Waals surface area contributed by atoms with Crippen molar-refractivity contribution in [2.45, 2.75) is 19.0 Å². The molecule has 0 amide bonds. The Morgan fingerprint density at radius 3 is 2.86 bits per heavy atom. The zero-order valence-corrected chi connectivity index (χ0v) is 8.34. The summed E-state index contributed by atoms with van der Waals surface area (Å²) in [6.45, 7) is -0.402. The van der Waals surface area contributed by atoms with Gasteiger partial charge in [-0.3, -0.25) is 0 Å². The molecule has 14 heavy (non-hydrogen) atoms. The smallest absolute Gasteiger partial charge is 0.261 e.